The molecular weight excluding hydrogens is 248 g/mol. The molecule has 1 unspecified atom stereocenters. The van der Waals surface area contributed by atoms with Crippen LogP contribution in [-0.2, 0) is 0 Å². The highest BCUT2D eigenvalue weighted by atomic mass is 79.9. The van der Waals surface area contributed by atoms with E-state index >= 15 is 0 Å². The molecule has 1 atom stereocenters. The molecule has 0 bridgehead atoms. The number of halogens is 1. The zero-order chi connectivity index (χ0) is 10.7. The molecule has 1 rings (SSSR count). The number of aromatic nitrogens is 1. The van der Waals surface area contributed by atoms with Crippen LogP contribution >= 0.6 is 15.9 Å². The third kappa shape index (κ3) is 2.57. The minimum absolute atomic E-state index is 0.133. The zero-order valence-corrected chi connectivity index (χ0v) is 10.0. The largest absolute Gasteiger partial charge is 0.438 e. The van der Waals surface area contributed by atoms with Crippen molar-refractivity contribution in [2.75, 3.05) is 13.6 Å². The van der Waals surface area contributed by atoms with Crippen molar-refractivity contribution in [3.05, 3.63) is 17.8 Å². The summed E-state index contributed by atoms with van der Waals surface area (Å²) in [6, 6.07) is 0. The summed E-state index contributed by atoms with van der Waals surface area (Å²) >= 11 is 3.38. The summed E-state index contributed by atoms with van der Waals surface area (Å²) in [6.07, 6.45) is 1.29. The van der Waals surface area contributed by atoms with E-state index in [1.165, 1.54) is 6.39 Å². The summed E-state index contributed by atoms with van der Waals surface area (Å²) in [6.45, 7) is 4.37. The van der Waals surface area contributed by atoms with Crippen LogP contribution < -0.4 is 0 Å². The Balaban J connectivity index is 2.71. The summed E-state index contributed by atoms with van der Waals surface area (Å²) in [5.74, 6) is 0.187. The van der Waals surface area contributed by atoms with Gasteiger partial charge in [-0.3, -0.25) is 4.79 Å². The van der Waals surface area contributed by atoms with Crippen LogP contribution in [0.3, 0.4) is 0 Å². The Hall–Kier alpha value is -0.840. The van der Waals surface area contributed by atoms with E-state index in [2.05, 4.69) is 20.9 Å². The smallest absolute Gasteiger partial charge is 0.291 e. The number of nitrogens with zero attached hydrogens (tertiary/aromatic N) is 2. The van der Waals surface area contributed by atoms with Gasteiger partial charge in [-0.25, -0.2) is 4.98 Å². The van der Waals surface area contributed by atoms with Crippen LogP contribution in [0.2, 0.25) is 0 Å². The fraction of sp³-hybridized carbons (Fsp3) is 0.556. The fourth-order valence-corrected chi connectivity index (χ4v) is 1.58. The number of amides is 1. The normalized spacial score (nSPS) is 12.6. The van der Waals surface area contributed by atoms with E-state index in [0.29, 0.717) is 18.0 Å². The number of carbonyl (C=O) groups excluding carboxylic acids is 1. The Morgan fingerprint density at radius 3 is 2.86 bits per heavy atom. The fourth-order valence-electron chi connectivity index (χ4n) is 1.14. The van der Waals surface area contributed by atoms with Crippen molar-refractivity contribution in [3.8, 4) is 0 Å². The van der Waals surface area contributed by atoms with Gasteiger partial charge in [-0.05, 0) is 6.92 Å². The second kappa shape index (κ2) is 4.59. The molecule has 0 aliphatic carbocycles. The average Bonchev–Trinajstić information content (AvgIpc) is 2.48. The third-order valence-electron chi connectivity index (χ3n) is 1.81. The monoisotopic (exact) mass is 260 g/mol. The maximum absolute atomic E-state index is 11.7. The molecule has 0 spiro atoms. The highest BCUT2D eigenvalue weighted by Crippen LogP contribution is 2.09. The van der Waals surface area contributed by atoms with Gasteiger partial charge in [0.2, 0.25) is 5.76 Å². The quantitative estimate of drug-likeness (QED) is 0.780. The Labute approximate surface area is 91.4 Å². The molecule has 1 aromatic heterocycles. The van der Waals surface area contributed by atoms with Crippen molar-refractivity contribution in [1.29, 1.82) is 0 Å². The van der Waals surface area contributed by atoms with Crippen LogP contribution in [0.25, 0.3) is 0 Å². The lowest BCUT2D eigenvalue weighted by Crippen LogP contribution is -2.31. The zero-order valence-electron chi connectivity index (χ0n) is 8.45. The summed E-state index contributed by atoms with van der Waals surface area (Å²) in [4.78, 5) is 17.5. The lowest BCUT2D eigenvalue weighted by atomic mass is 10.3. The molecule has 0 aromatic carbocycles. The van der Waals surface area contributed by atoms with Gasteiger partial charge in [-0.2, -0.15) is 0 Å². The number of hydrogen-bond acceptors (Lipinski definition) is 3. The topological polar surface area (TPSA) is 46.3 Å². The number of aryl methyl sites for hydroxylation is 1. The van der Waals surface area contributed by atoms with Gasteiger partial charge < -0.3 is 9.32 Å². The molecule has 0 saturated heterocycles. The van der Waals surface area contributed by atoms with Crippen molar-refractivity contribution in [2.24, 2.45) is 0 Å². The van der Waals surface area contributed by atoms with Crippen LogP contribution in [0.15, 0.2) is 10.8 Å². The first-order valence-electron chi connectivity index (χ1n) is 4.32. The molecule has 5 heteroatoms. The minimum atomic E-state index is -0.133. The van der Waals surface area contributed by atoms with Gasteiger partial charge in [0.1, 0.15) is 0 Å². The molecule has 14 heavy (non-hydrogen) atoms. The summed E-state index contributed by atoms with van der Waals surface area (Å²) in [7, 11) is 1.74. The van der Waals surface area contributed by atoms with Crippen molar-refractivity contribution in [3.63, 3.8) is 0 Å². The number of rotatable bonds is 3. The molecule has 1 aromatic rings. The van der Waals surface area contributed by atoms with Gasteiger partial charge >= 0.3 is 0 Å². The van der Waals surface area contributed by atoms with Gasteiger partial charge in [0.25, 0.3) is 5.91 Å². The number of oxazole rings is 1. The number of alkyl halides is 1. The van der Waals surface area contributed by atoms with E-state index in [9.17, 15) is 4.79 Å². The highest BCUT2D eigenvalue weighted by molar-refractivity contribution is 9.09. The van der Waals surface area contributed by atoms with Gasteiger partial charge in [0, 0.05) is 18.4 Å². The van der Waals surface area contributed by atoms with Gasteiger partial charge in [0.05, 0.1) is 5.69 Å². The summed E-state index contributed by atoms with van der Waals surface area (Å²) in [5, 5.41) is 0. The first-order chi connectivity index (χ1) is 6.52. The Morgan fingerprint density at radius 2 is 2.43 bits per heavy atom. The lowest BCUT2D eigenvalue weighted by molar-refractivity contribution is 0.0765. The van der Waals surface area contributed by atoms with Crippen molar-refractivity contribution < 1.29 is 9.21 Å². The molecule has 0 fully saturated rings. The Bertz CT molecular complexity index is 322. The van der Waals surface area contributed by atoms with Gasteiger partial charge in [-0.15, -0.1) is 0 Å². The second-order valence-electron chi connectivity index (χ2n) is 3.23. The lowest BCUT2D eigenvalue weighted by Gasteiger charge is -2.17. The van der Waals surface area contributed by atoms with Crippen LogP contribution in [0.1, 0.15) is 23.2 Å². The average molecular weight is 261 g/mol. The van der Waals surface area contributed by atoms with Crippen LogP contribution in [0.5, 0.6) is 0 Å². The van der Waals surface area contributed by atoms with E-state index in [1.807, 2.05) is 6.92 Å². The Kier molecular flexibility index (Phi) is 3.69. The van der Waals surface area contributed by atoms with Crippen molar-refractivity contribution in [1.82, 2.24) is 9.88 Å². The van der Waals surface area contributed by atoms with Gasteiger partial charge in [0.15, 0.2) is 6.39 Å². The number of carbonyl (C=O) groups is 1. The number of hydrogen-bond donors (Lipinski definition) is 0. The maximum atomic E-state index is 11.7. The summed E-state index contributed by atoms with van der Waals surface area (Å²) < 4.78 is 5.01. The maximum Gasteiger partial charge on any atom is 0.291 e. The van der Waals surface area contributed by atoms with Crippen LogP contribution in [0, 0.1) is 6.92 Å². The minimum Gasteiger partial charge on any atom is -0.438 e. The molecule has 0 N–H and O–H groups in total. The first kappa shape index (κ1) is 11.2. The van der Waals surface area contributed by atoms with Crippen LogP contribution in [0.4, 0.5) is 0 Å². The second-order valence-corrected chi connectivity index (χ2v) is 4.80. The molecule has 1 amide bonds. The predicted molar refractivity (Wildman–Crippen MR) is 56.6 cm³/mol. The molecule has 0 radical (unpaired) electrons. The Morgan fingerprint density at radius 1 is 1.79 bits per heavy atom. The molecule has 0 aliphatic rings. The molecule has 1 heterocycles. The van der Waals surface area contributed by atoms with Crippen molar-refractivity contribution >= 4 is 21.8 Å². The van der Waals surface area contributed by atoms with E-state index in [4.69, 9.17) is 4.42 Å². The standard InChI is InChI=1S/C9H13BrN2O2/c1-6(10)4-12(3)9(13)8-7(2)11-5-14-8/h5-6H,4H2,1-3H3. The SMILES string of the molecule is Cc1ncoc1C(=O)N(C)CC(C)Br. The van der Waals surface area contributed by atoms with E-state index in [1.54, 1.807) is 18.9 Å². The first-order valence-corrected chi connectivity index (χ1v) is 5.23. The van der Waals surface area contributed by atoms with Crippen LogP contribution in [-0.4, -0.2) is 34.2 Å². The molecular formula is C9H13BrN2O2. The van der Waals surface area contributed by atoms with E-state index in [-0.39, 0.29) is 10.7 Å². The van der Waals surface area contributed by atoms with Gasteiger partial charge in [-0.1, -0.05) is 22.9 Å². The third-order valence-corrected chi connectivity index (χ3v) is 2.10. The molecule has 0 aliphatic heterocycles. The van der Waals surface area contributed by atoms with Crippen molar-refractivity contribution in [2.45, 2.75) is 18.7 Å². The molecule has 4 nitrogen and oxygen atoms in total. The summed E-state index contributed by atoms with van der Waals surface area (Å²) in [5.41, 5.74) is 0.629. The van der Waals surface area contributed by atoms with E-state index in [0.717, 1.165) is 0 Å². The molecule has 0 saturated carbocycles. The predicted octanol–water partition coefficient (Wildman–Crippen LogP) is 1.84. The molecule has 78 valence electrons. The highest BCUT2D eigenvalue weighted by Gasteiger charge is 2.18. The van der Waals surface area contributed by atoms with E-state index < -0.39 is 0 Å².